The molecule has 1 heteroatoms. The molecule has 1 aliphatic carbocycles. The predicted molar refractivity (Wildman–Crippen MR) is 102 cm³/mol. The molecule has 3 rings (SSSR count). The molecule has 2 aromatic carbocycles. The SMILES string of the molecule is C=CCCc1ccc2cc(C3CCC(/C=C/C)CC3)ccc2c1F. The molecule has 0 atom stereocenters. The average Bonchev–Trinajstić information content (AvgIpc) is 2.62. The van der Waals surface area contributed by atoms with Crippen molar-refractivity contribution in [3.8, 4) is 0 Å². The van der Waals surface area contributed by atoms with Gasteiger partial charge in [0.25, 0.3) is 0 Å². The first-order valence-corrected chi connectivity index (χ1v) is 9.17. The van der Waals surface area contributed by atoms with Crippen LogP contribution in [0.5, 0.6) is 0 Å². The molecule has 0 saturated heterocycles. The van der Waals surface area contributed by atoms with Gasteiger partial charge in [0, 0.05) is 5.39 Å². The van der Waals surface area contributed by atoms with Crippen LogP contribution in [0.1, 0.15) is 56.1 Å². The molecule has 24 heavy (non-hydrogen) atoms. The first-order chi connectivity index (χ1) is 11.7. The maximum atomic E-state index is 14.7. The van der Waals surface area contributed by atoms with Crippen molar-refractivity contribution in [1.82, 2.24) is 0 Å². The highest BCUT2D eigenvalue weighted by Crippen LogP contribution is 2.37. The summed E-state index contributed by atoms with van der Waals surface area (Å²) in [5, 5.41) is 1.78. The Morgan fingerprint density at radius 3 is 2.62 bits per heavy atom. The first kappa shape index (κ1) is 17.0. The Labute approximate surface area is 145 Å². The molecule has 1 aliphatic rings. The number of benzene rings is 2. The fraction of sp³-hybridized carbons (Fsp3) is 0.391. The summed E-state index contributed by atoms with van der Waals surface area (Å²) < 4.78 is 14.7. The molecule has 0 radical (unpaired) electrons. The predicted octanol–water partition coefficient (Wildman–Crippen LogP) is 6.95. The van der Waals surface area contributed by atoms with Gasteiger partial charge in [-0.1, -0.05) is 48.6 Å². The Morgan fingerprint density at radius 2 is 1.92 bits per heavy atom. The number of allylic oxidation sites excluding steroid dienone is 3. The lowest BCUT2D eigenvalue weighted by molar-refractivity contribution is 0.376. The van der Waals surface area contributed by atoms with Crippen LogP contribution in [0.25, 0.3) is 10.8 Å². The summed E-state index contributed by atoms with van der Waals surface area (Å²) in [7, 11) is 0. The van der Waals surface area contributed by atoms with E-state index in [-0.39, 0.29) is 5.82 Å². The number of halogens is 1. The zero-order valence-electron chi connectivity index (χ0n) is 14.6. The Kier molecular flexibility index (Phi) is 5.50. The van der Waals surface area contributed by atoms with Crippen LogP contribution in [0.4, 0.5) is 4.39 Å². The Morgan fingerprint density at radius 1 is 1.12 bits per heavy atom. The Hall–Kier alpha value is -1.89. The third-order valence-electron chi connectivity index (χ3n) is 5.38. The molecule has 0 aromatic heterocycles. The van der Waals surface area contributed by atoms with Gasteiger partial charge >= 0.3 is 0 Å². The Balaban J connectivity index is 1.81. The maximum absolute atomic E-state index is 14.7. The second-order valence-corrected chi connectivity index (χ2v) is 6.98. The fourth-order valence-electron chi connectivity index (χ4n) is 3.98. The number of hydrogen-bond donors (Lipinski definition) is 0. The van der Waals surface area contributed by atoms with E-state index < -0.39 is 0 Å². The van der Waals surface area contributed by atoms with Crippen LogP contribution in [-0.2, 0) is 6.42 Å². The smallest absolute Gasteiger partial charge is 0.134 e. The highest BCUT2D eigenvalue weighted by Gasteiger charge is 2.21. The van der Waals surface area contributed by atoms with Crippen LogP contribution < -0.4 is 0 Å². The minimum atomic E-state index is -0.0577. The lowest BCUT2D eigenvalue weighted by Crippen LogP contribution is -2.11. The normalized spacial score (nSPS) is 21.4. The van der Waals surface area contributed by atoms with Gasteiger partial charge in [-0.25, -0.2) is 4.39 Å². The van der Waals surface area contributed by atoms with Crippen molar-refractivity contribution in [2.75, 3.05) is 0 Å². The topological polar surface area (TPSA) is 0 Å². The number of fused-ring (bicyclic) bond motifs is 1. The summed E-state index contributed by atoms with van der Waals surface area (Å²) in [5.74, 6) is 1.31. The van der Waals surface area contributed by atoms with E-state index in [1.807, 2.05) is 18.2 Å². The van der Waals surface area contributed by atoms with Crippen LogP contribution in [0.15, 0.2) is 55.1 Å². The summed E-state index contributed by atoms with van der Waals surface area (Å²) in [6.07, 6.45) is 12.9. The van der Waals surface area contributed by atoms with Gasteiger partial charge in [0.2, 0.25) is 0 Å². The van der Waals surface area contributed by atoms with Gasteiger partial charge in [0.05, 0.1) is 0 Å². The van der Waals surface area contributed by atoms with Crippen LogP contribution in [0.2, 0.25) is 0 Å². The van der Waals surface area contributed by atoms with E-state index in [4.69, 9.17) is 0 Å². The minimum absolute atomic E-state index is 0.0577. The van der Waals surface area contributed by atoms with Gasteiger partial charge in [-0.05, 0) is 73.8 Å². The van der Waals surface area contributed by atoms with E-state index in [2.05, 4.69) is 43.9 Å². The van der Waals surface area contributed by atoms with Gasteiger partial charge in [-0.3, -0.25) is 0 Å². The van der Waals surface area contributed by atoms with E-state index in [1.54, 1.807) is 0 Å². The summed E-state index contributed by atoms with van der Waals surface area (Å²) >= 11 is 0. The van der Waals surface area contributed by atoms with E-state index in [1.165, 1.54) is 31.2 Å². The second-order valence-electron chi connectivity index (χ2n) is 6.98. The van der Waals surface area contributed by atoms with E-state index in [0.717, 1.165) is 35.1 Å². The van der Waals surface area contributed by atoms with Gasteiger partial charge in [0.15, 0.2) is 0 Å². The van der Waals surface area contributed by atoms with Gasteiger partial charge in [0.1, 0.15) is 5.82 Å². The molecule has 0 N–H and O–H groups in total. The zero-order chi connectivity index (χ0) is 16.9. The molecular weight excluding hydrogens is 295 g/mol. The average molecular weight is 322 g/mol. The number of hydrogen-bond acceptors (Lipinski definition) is 0. The molecular formula is C23H27F. The third-order valence-corrected chi connectivity index (χ3v) is 5.38. The van der Waals surface area contributed by atoms with Crippen molar-refractivity contribution >= 4 is 10.8 Å². The number of rotatable bonds is 5. The van der Waals surface area contributed by atoms with Crippen molar-refractivity contribution in [2.24, 2.45) is 5.92 Å². The van der Waals surface area contributed by atoms with Crippen molar-refractivity contribution < 1.29 is 4.39 Å². The van der Waals surface area contributed by atoms with E-state index in [9.17, 15) is 4.39 Å². The quantitative estimate of drug-likeness (QED) is 0.523. The highest BCUT2D eigenvalue weighted by molar-refractivity contribution is 5.84. The molecule has 1 saturated carbocycles. The maximum Gasteiger partial charge on any atom is 0.134 e. The van der Waals surface area contributed by atoms with Crippen molar-refractivity contribution in [3.05, 3.63) is 72.1 Å². The molecule has 126 valence electrons. The van der Waals surface area contributed by atoms with Crippen LogP contribution >= 0.6 is 0 Å². The lowest BCUT2D eigenvalue weighted by Gasteiger charge is -2.27. The van der Waals surface area contributed by atoms with Gasteiger partial charge < -0.3 is 0 Å². The molecule has 1 fully saturated rings. The summed E-state index contributed by atoms with van der Waals surface area (Å²) in [5.41, 5.74) is 2.17. The third kappa shape index (κ3) is 3.61. The van der Waals surface area contributed by atoms with E-state index >= 15 is 0 Å². The second kappa shape index (κ2) is 7.79. The van der Waals surface area contributed by atoms with E-state index in [0.29, 0.717) is 5.92 Å². The van der Waals surface area contributed by atoms with Crippen molar-refractivity contribution in [3.63, 3.8) is 0 Å². The molecule has 0 spiro atoms. The summed E-state index contributed by atoms with van der Waals surface area (Å²) in [4.78, 5) is 0. The molecule has 0 heterocycles. The van der Waals surface area contributed by atoms with Gasteiger partial charge in [-0.2, -0.15) is 0 Å². The summed E-state index contributed by atoms with van der Waals surface area (Å²) in [6, 6.07) is 10.3. The zero-order valence-corrected chi connectivity index (χ0v) is 14.6. The number of aryl methyl sites for hydroxylation is 1. The molecule has 0 aliphatic heterocycles. The first-order valence-electron chi connectivity index (χ1n) is 9.17. The molecule has 0 amide bonds. The minimum Gasteiger partial charge on any atom is -0.206 e. The summed E-state index contributed by atoms with van der Waals surface area (Å²) in [6.45, 7) is 5.83. The molecule has 0 bridgehead atoms. The van der Waals surface area contributed by atoms with Crippen molar-refractivity contribution in [2.45, 2.75) is 51.4 Å². The Bertz CT molecular complexity index is 733. The lowest BCUT2D eigenvalue weighted by atomic mass is 9.78. The van der Waals surface area contributed by atoms with Crippen LogP contribution in [-0.4, -0.2) is 0 Å². The molecule has 2 aromatic rings. The largest absolute Gasteiger partial charge is 0.206 e. The van der Waals surface area contributed by atoms with Crippen molar-refractivity contribution in [1.29, 1.82) is 0 Å². The highest BCUT2D eigenvalue weighted by atomic mass is 19.1. The molecule has 0 nitrogen and oxygen atoms in total. The van der Waals surface area contributed by atoms with Crippen LogP contribution in [0, 0.1) is 11.7 Å². The monoisotopic (exact) mass is 322 g/mol. The molecule has 0 unspecified atom stereocenters. The standard InChI is InChI=1S/C23H27F/c1-3-5-7-19-12-13-21-16-20(14-15-22(21)23(19)24)18-10-8-17(6-4-2)9-11-18/h3-4,6,12-18H,1,5,7-11H2,2H3/b6-4+. The van der Waals surface area contributed by atoms with Crippen LogP contribution in [0.3, 0.4) is 0 Å². The van der Waals surface area contributed by atoms with Gasteiger partial charge in [-0.15, -0.1) is 6.58 Å². The fourth-order valence-corrected chi connectivity index (χ4v) is 3.98.